The van der Waals surface area contributed by atoms with Gasteiger partial charge in [-0.3, -0.25) is 4.79 Å². The number of carbonyl (C=O) groups excluding carboxylic acids is 1. The molecule has 24 heavy (non-hydrogen) atoms. The Hall–Kier alpha value is -0.880. The van der Waals surface area contributed by atoms with Crippen LogP contribution >= 0.6 is 24.8 Å². The Labute approximate surface area is 156 Å². The quantitative estimate of drug-likeness (QED) is 0.798. The maximum absolute atomic E-state index is 12.9. The van der Waals surface area contributed by atoms with Crippen molar-refractivity contribution in [2.24, 2.45) is 5.73 Å². The predicted molar refractivity (Wildman–Crippen MR) is 100 cm³/mol. The highest BCUT2D eigenvalue weighted by molar-refractivity contribution is 5.86. The van der Waals surface area contributed by atoms with E-state index in [-0.39, 0.29) is 36.5 Å². The topological polar surface area (TPSA) is 58.4 Å². The molecule has 0 spiro atoms. The Morgan fingerprint density at radius 1 is 1.21 bits per heavy atom. The summed E-state index contributed by atoms with van der Waals surface area (Å²) in [6, 6.07) is 6.49. The lowest BCUT2D eigenvalue weighted by Crippen LogP contribution is -2.55. The highest BCUT2D eigenvalue weighted by Gasteiger charge is 2.34. The molecule has 3 N–H and O–H groups in total. The van der Waals surface area contributed by atoms with Crippen LogP contribution in [0.2, 0.25) is 0 Å². The third-order valence-corrected chi connectivity index (χ3v) is 4.34. The number of amides is 1. The lowest BCUT2D eigenvalue weighted by Gasteiger charge is -2.32. The predicted octanol–water partition coefficient (Wildman–Crippen LogP) is 2.88. The second kappa shape index (κ2) is 10.9. The van der Waals surface area contributed by atoms with Crippen molar-refractivity contribution in [1.29, 1.82) is 0 Å². The van der Waals surface area contributed by atoms with Gasteiger partial charge in [0.1, 0.15) is 5.82 Å². The summed E-state index contributed by atoms with van der Waals surface area (Å²) in [5.74, 6) is -0.248. The standard InChI is InChI=1S/C17H26FN3O.2ClH/c1-21(13-14-5-7-15(18)8-6-14)12-11-20-16(22)17(19)9-3-2-4-10-17;;/h5-8H,2-4,9-13,19H2,1H3,(H,20,22);2*1H. The van der Waals surface area contributed by atoms with E-state index in [0.717, 1.165) is 44.3 Å². The number of halogens is 3. The van der Waals surface area contributed by atoms with Gasteiger partial charge in [-0.05, 0) is 37.6 Å². The third-order valence-electron chi connectivity index (χ3n) is 4.34. The maximum Gasteiger partial charge on any atom is 0.240 e. The van der Waals surface area contributed by atoms with Crippen molar-refractivity contribution in [2.75, 3.05) is 20.1 Å². The van der Waals surface area contributed by atoms with Crippen molar-refractivity contribution in [1.82, 2.24) is 10.2 Å². The number of benzene rings is 1. The fourth-order valence-corrected chi connectivity index (χ4v) is 2.93. The van der Waals surface area contributed by atoms with Crippen LogP contribution in [0.3, 0.4) is 0 Å². The van der Waals surface area contributed by atoms with Crippen LogP contribution in [0.5, 0.6) is 0 Å². The molecule has 2 rings (SSSR count). The van der Waals surface area contributed by atoms with Crippen molar-refractivity contribution in [3.05, 3.63) is 35.6 Å². The first-order chi connectivity index (χ1) is 10.5. The number of hydrogen-bond donors (Lipinski definition) is 2. The van der Waals surface area contributed by atoms with Crippen LogP contribution in [0.4, 0.5) is 4.39 Å². The van der Waals surface area contributed by atoms with Gasteiger partial charge in [-0.15, -0.1) is 24.8 Å². The largest absolute Gasteiger partial charge is 0.353 e. The van der Waals surface area contributed by atoms with E-state index in [9.17, 15) is 9.18 Å². The molecule has 1 saturated carbocycles. The lowest BCUT2D eigenvalue weighted by atomic mass is 9.82. The molecule has 1 aromatic rings. The van der Waals surface area contributed by atoms with Crippen LogP contribution in [-0.2, 0) is 11.3 Å². The summed E-state index contributed by atoms with van der Waals surface area (Å²) in [4.78, 5) is 14.3. The average molecular weight is 380 g/mol. The molecule has 1 aromatic carbocycles. The van der Waals surface area contributed by atoms with E-state index in [1.165, 1.54) is 18.6 Å². The number of nitrogens with two attached hydrogens (primary N) is 1. The fraction of sp³-hybridized carbons (Fsp3) is 0.588. The Bertz CT molecular complexity index is 493. The molecule has 0 radical (unpaired) electrons. The molecule has 0 aliphatic heterocycles. The first kappa shape index (κ1) is 23.1. The van der Waals surface area contributed by atoms with Gasteiger partial charge in [-0.25, -0.2) is 4.39 Å². The van der Waals surface area contributed by atoms with Gasteiger partial charge in [0.15, 0.2) is 0 Å². The fourth-order valence-electron chi connectivity index (χ4n) is 2.93. The normalized spacial score (nSPS) is 16.0. The highest BCUT2D eigenvalue weighted by Crippen LogP contribution is 2.25. The van der Waals surface area contributed by atoms with Gasteiger partial charge in [0.25, 0.3) is 0 Å². The third kappa shape index (κ3) is 6.93. The minimum absolute atomic E-state index is 0. The van der Waals surface area contributed by atoms with Gasteiger partial charge in [-0.2, -0.15) is 0 Å². The molecular formula is C17H28Cl2FN3O. The van der Waals surface area contributed by atoms with Gasteiger partial charge >= 0.3 is 0 Å². The highest BCUT2D eigenvalue weighted by atomic mass is 35.5. The van der Waals surface area contributed by atoms with Crippen LogP contribution in [0, 0.1) is 5.82 Å². The molecule has 1 aliphatic rings. The Balaban J connectivity index is 0.00000264. The number of carbonyl (C=O) groups is 1. The molecule has 0 atom stereocenters. The summed E-state index contributed by atoms with van der Waals surface area (Å²) in [5, 5.41) is 2.95. The number of rotatable bonds is 6. The first-order valence-corrected chi connectivity index (χ1v) is 8.00. The average Bonchev–Trinajstić information content (AvgIpc) is 2.50. The van der Waals surface area contributed by atoms with Gasteiger partial charge in [0.2, 0.25) is 5.91 Å². The van der Waals surface area contributed by atoms with Crippen LogP contribution < -0.4 is 11.1 Å². The number of nitrogens with zero attached hydrogens (tertiary/aromatic N) is 1. The Morgan fingerprint density at radius 2 is 1.79 bits per heavy atom. The molecule has 0 saturated heterocycles. The van der Waals surface area contributed by atoms with E-state index in [1.54, 1.807) is 12.1 Å². The summed E-state index contributed by atoms with van der Waals surface area (Å²) in [6.07, 6.45) is 4.81. The van der Waals surface area contributed by atoms with E-state index in [0.29, 0.717) is 6.54 Å². The number of likely N-dealkylation sites (N-methyl/N-ethyl adjacent to an activating group) is 1. The molecule has 0 heterocycles. The Morgan fingerprint density at radius 3 is 2.38 bits per heavy atom. The Kier molecular flexibility index (Phi) is 10.5. The van der Waals surface area contributed by atoms with E-state index >= 15 is 0 Å². The zero-order valence-electron chi connectivity index (χ0n) is 14.1. The van der Waals surface area contributed by atoms with Gasteiger partial charge in [-0.1, -0.05) is 31.4 Å². The molecular weight excluding hydrogens is 352 g/mol. The summed E-state index contributed by atoms with van der Waals surface area (Å²) >= 11 is 0. The second-order valence-corrected chi connectivity index (χ2v) is 6.34. The van der Waals surface area contributed by atoms with E-state index < -0.39 is 5.54 Å². The van der Waals surface area contributed by atoms with Crippen molar-refractivity contribution in [2.45, 2.75) is 44.2 Å². The number of hydrogen-bond acceptors (Lipinski definition) is 3. The van der Waals surface area contributed by atoms with E-state index in [2.05, 4.69) is 10.2 Å². The smallest absolute Gasteiger partial charge is 0.240 e. The summed E-state index contributed by atoms with van der Waals surface area (Å²) in [5.41, 5.74) is 6.58. The molecule has 1 aliphatic carbocycles. The minimum atomic E-state index is -0.673. The molecule has 0 bridgehead atoms. The summed E-state index contributed by atoms with van der Waals surface area (Å²) in [6.45, 7) is 2.04. The van der Waals surface area contributed by atoms with Gasteiger partial charge < -0.3 is 16.0 Å². The van der Waals surface area contributed by atoms with Crippen molar-refractivity contribution in [3.8, 4) is 0 Å². The van der Waals surface area contributed by atoms with Gasteiger partial charge in [0.05, 0.1) is 5.54 Å². The molecule has 138 valence electrons. The molecule has 1 amide bonds. The SMILES string of the molecule is CN(CCNC(=O)C1(N)CCCCC1)Cc1ccc(F)cc1.Cl.Cl. The van der Waals surface area contributed by atoms with Crippen LogP contribution in [0.25, 0.3) is 0 Å². The first-order valence-electron chi connectivity index (χ1n) is 8.00. The van der Waals surface area contributed by atoms with Gasteiger partial charge in [0, 0.05) is 19.6 Å². The molecule has 0 unspecified atom stereocenters. The molecule has 1 fully saturated rings. The number of nitrogens with one attached hydrogen (secondary N) is 1. The zero-order valence-corrected chi connectivity index (χ0v) is 15.7. The van der Waals surface area contributed by atoms with Crippen LogP contribution in [0.1, 0.15) is 37.7 Å². The second-order valence-electron chi connectivity index (χ2n) is 6.34. The van der Waals surface area contributed by atoms with E-state index in [1.807, 2.05) is 7.05 Å². The maximum atomic E-state index is 12.9. The monoisotopic (exact) mass is 379 g/mol. The van der Waals surface area contributed by atoms with Crippen LogP contribution in [0.15, 0.2) is 24.3 Å². The molecule has 4 nitrogen and oxygen atoms in total. The van der Waals surface area contributed by atoms with Crippen molar-refractivity contribution < 1.29 is 9.18 Å². The van der Waals surface area contributed by atoms with Crippen molar-refractivity contribution >= 4 is 30.7 Å². The minimum Gasteiger partial charge on any atom is -0.353 e. The summed E-state index contributed by atoms with van der Waals surface area (Å²) in [7, 11) is 1.98. The zero-order chi connectivity index (χ0) is 16.0. The summed E-state index contributed by atoms with van der Waals surface area (Å²) < 4.78 is 12.9. The lowest BCUT2D eigenvalue weighted by molar-refractivity contribution is -0.127. The van der Waals surface area contributed by atoms with Crippen molar-refractivity contribution in [3.63, 3.8) is 0 Å². The van der Waals surface area contributed by atoms with Crippen LogP contribution in [-0.4, -0.2) is 36.5 Å². The molecule has 0 aromatic heterocycles. The molecule has 7 heteroatoms. The van der Waals surface area contributed by atoms with E-state index in [4.69, 9.17) is 5.73 Å².